The van der Waals surface area contributed by atoms with E-state index in [0.717, 1.165) is 0 Å². The molecule has 1 aromatic carbocycles. The zero-order valence-corrected chi connectivity index (χ0v) is 15.3. The third-order valence-electron chi connectivity index (χ3n) is 4.75. The molecule has 1 aliphatic heterocycles. The topological polar surface area (TPSA) is 86.4 Å². The number of anilines is 1. The molecule has 0 radical (unpaired) electrons. The molecule has 0 aliphatic carbocycles. The fourth-order valence-corrected chi connectivity index (χ4v) is 3.23. The minimum Gasteiger partial charge on any atom is -0.325 e. The first kappa shape index (κ1) is 18.4. The van der Waals surface area contributed by atoms with E-state index in [1.807, 2.05) is 13.8 Å². The number of rotatable bonds is 3. The fourth-order valence-electron chi connectivity index (χ4n) is 3.23. The van der Waals surface area contributed by atoms with Gasteiger partial charge in [-0.05, 0) is 32.0 Å². The van der Waals surface area contributed by atoms with Gasteiger partial charge in [-0.15, -0.1) is 0 Å². The van der Waals surface area contributed by atoms with Gasteiger partial charge in [0.2, 0.25) is 5.91 Å². The van der Waals surface area contributed by atoms with Crippen molar-refractivity contribution in [3.8, 4) is 6.07 Å². The predicted molar refractivity (Wildman–Crippen MR) is 100 cm³/mol. The normalized spacial score (nSPS) is 16.9. The number of amides is 2. The molecular formula is C20H20N4O3. The lowest BCUT2D eigenvalue weighted by Crippen LogP contribution is -2.57. The number of hydrogen-bond donors (Lipinski definition) is 0. The van der Waals surface area contributed by atoms with E-state index in [2.05, 4.69) is 6.07 Å². The summed E-state index contributed by atoms with van der Waals surface area (Å²) in [7, 11) is 0. The van der Waals surface area contributed by atoms with Gasteiger partial charge in [-0.2, -0.15) is 5.26 Å². The molecule has 0 unspecified atom stereocenters. The number of nitriles is 1. The summed E-state index contributed by atoms with van der Waals surface area (Å²) in [6.07, 6.45) is 1.58. The largest absolute Gasteiger partial charge is 0.325 e. The third-order valence-corrected chi connectivity index (χ3v) is 4.75. The van der Waals surface area contributed by atoms with E-state index in [4.69, 9.17) is 0 Å². The summed E-state index contributed by atoms with van der Waals surface area (Å²) in [6, 6.07) is 11.6. The lowest BCUT2D eigenvalue weighted by molar-refractivity contribution is -0.121. The maximum Gasteiger partial charge on any atom is 0.254 e. The zero-order valence-electron chi connectivity index (χ0n) is 15.3. The molecule has 138 valence electrons. The maximum absolute atomic E-state index is 12.8. The first-order valence-electron chi connectivity index (χ1n) is 8.77. The number of hydrogen-bond acceptors (Lipinski definition) is 4. The lowest BCUT2D eigenvalue weighted by atomic mass is 10.1. The number of nitrogens with zero attached hydrogens (tertiary/aromatic N) is 4. The van der Waals surface area contributed by atoms with Gasteiger partial charge in [-0.1, -0.05) is 12.1 Å². The summed E-state index contributed by atoms with van der Waals surface area (Å²) in [4.78, 5) is 40.5. The molecule has 0 saturated carbocycles. The summed E-state index contributed by atoms with van der Waals surface area (Å²) in [5.41, 5.74) is 0.995. The summed E-state index contributed by atoms with van der Waals surface area (Å²) >= 11 is 0. The van der Waals surface area contributed by atoms with Crippen molar-refractivity contribution in [1.29, 1.82) is 5.26 Å². The quantitative estimate of drug-likeness (QED) is 0.828. The first-order valence-corrected chi connectivity index (χ1v) is 8.77. The van der Waals surface area contributed by atoms with Crippen LogP contribution in [0.1, 0.15) is 29.8 Å². The molecule has 27 heavy (non-hydrogen) atoms. The Bertz CT molecular complexity index is 989. The van der Waals surface area contributed by atoms with Crippen LogP contribution in [0.25, 0.3) is 0 Å². The SMILES string of the molecule is CCn1ccc(C(=O)N2CC(=O)N(c3ccccc3C#N)C[C@@H]2C)cc1=O. The van der Waals surface area contributed by atoms with Crippen LogP contribution in [0.15, 0.2) is 47.4 Å². The number of para-hydroxylation sites is 1. The van der Waals surface area contributed by atoms with E-state index in [-0.39, 0.29) is 42.1 Å². The maximum atomic E-state index is 12.8. The van der Waals surface area contributed by atoms with Crippen LogP contribution in [0.3, 0.4) is 0 Å². The van der Waals surface area contributed by atoms with Crippen molar-refractivity contribution < 1.29 is 9.59 Å². The minimum atomic E-state index is -0.343. The Hall–Kier alpha value is -3.40. The number of aryl methyl sites for hydroxylation is 1. The van der Waals surface area contributed by atoms with Crippen LogP contribution in [0.4, 0.5) is 5.69 Å². The van der Waals surface area contributed by atoms with Crippen LogP contribution in [0, 0.1) is 11.3 Å². The van der Waals surface area contributed by atoms with Gasteiger partial charge in [0, 0.05) is 37.0 Å². The molecule has 1 aliphatic rings. The van der Waals surface area contributed by atoms with Crippen molar-refractivity contribution in [3.05, 3.63) is 64.1 Å². The highest BCUT2D eigenvalue weighted by Gasteiger charge is 2.34. The average molecular weight is 364 g/mol. The molecule has 0 N–H and O–H groups in total. The number of aromatic nitrogens is 1. The molecule has 2 aromatic rings. The minimum absolute atomic E-state index is 0.101. The standard InChI is InChI=1S/C20H20N4O3/c1-3-22-9-8-15(10-18(22)25)20(27)23-13-19(26)24(12-14(23)2)17-7-5-4-6-16(17)11-21/h4-10,14H,3,12-13H2,1-2H3/t14-/m0/s1. The van der Waals surface area contributed by atoms with Gasteiger partial charge < -0.3 is 14.4 Å². The second-order valence-corrected chi connectivity index (χ2v) is 6.46. The number of carbonyl (C=O) groups excluding carboxylic acids is 2. The highest BCUT2D eigenvalue weighted by atomic mass is 16.2. The van der Waals surface area contributed by atoms with Gasteiger partial charge in [-0.25, -0.2) is 0 Å². The Morgan fingerprint density at radius 2 is 2.00 bits per heavy atom. The molecule has 1 aromatic heterocycles. The molecule has 2 heterocycles. The lowest BCUT2D eigenvalue weighted by Gasteiger charge is -2.39. The predicted octanol–water partition coefficient (Wildman–Crippen LogP) is 1.62. The highest BCUT2D eigenvalue weighted by molar-refractivity contribution is 6.02. The summed E-state index contributed by atoms with van der Waals surface area (Å²) in [5, 5.41) is 9.27. The summed E-state index contributed by atoms with van der Waals surface area (Å²) in [5.74, 6) is -0.601. The number of piperazine rings is 1. The third kappa shape index (κ3) is 3.47. The van der Waals surface area contributed by atoms with E-state index in [9.17, 15) is 19.6 Å². The molecule has 0 spiro atoms. The Morgan fingerprint density at radius 1 is 1.26 bits per heavy atom. The van der Waals surface area contributed by atoms with Gasteiger partial charge in [0.05, 0.1) is 11.3 Å². The molecule has 0 bridgehead atoms. The highest BCUT2D eigenvalue weighted by Crippen LogP contribution is 2.24. The van der Waals surface area contributed by atoms with Crippen LogP contribution in [0.2, 0.25) is 0 Å². The van der Waals surface area contributed by atoms with Gasteiger partial charge in [-0.3, -0.25) is 14.4 Å². The Morgan fingerprint density at radius 3 is 2.67 bits per heavy atom. The van der Waals surface area contributed by atoms with Crippen LogP contribution in [-0.2, 0) is 11.3 Å². The first-order chi connectivity index (χ1) is 13.0. The van der Waals surface area contributed by atoms with Crippen molar-refractivity contribution in [2.24, 2.45) is 0 Å². The molecule has 1 atom stereocenters. The van der Waals surface area contributed by atoms with E-state index in [1.165, 1.54) is 15.5 Å². The summed E-state index contributed by atoms with van der Waals surface area (Å²) in [6.45, 7) is 4.41. The van der Waals surface area contributed by atoms with Crippen molar-refractivity contribution in [3.63, 3.8) is 0 Å². The number of carbonyl (C=O) groups is 2. The van der Waals surface area contributed by atoms with E-state index in [0.29, 0.717) is 17.8 Å². The van der Waals surface area contributed by atoms with Crippen LogP contribution < -0.4 is 10.5 Å². The fraction of sp³-hybridized carbons (Fsp3) is 0.300. The van der Waals surface area contributed by atoms with Crippen LogP contribution in [0.5, 0.6) is 0 Å². The second kappa shape index (κ2) is 7.46. The Balaban J connectivity index is 1.84. The van der Waals surface area contributed by atoms with E-state index >= 15 is 0 Å². The molecule has 7 heteroatoms. The molecule has 1 saturated heterocycles. The van der Waals surface area contributed by atoms with Gasteiger partial charge in [0.1, 0.15) is 12.6 Å². The van der Waals surface area contributed by atoms with Crippen molar-refractivity contribution in [2.45, 2.75) is 26.4 Å². The number of pyridine rings is 1. The van der Waals surface area contributed by atoms with Crippen LogP contribution >= 0.6 is 0 Å². The molecular weight excluding hydrogens is 344 g/mol. The Kier molecular flexibility index (Phi) is 5.08. The van der Waals surface area contributed by atoms with Gasteiger partial charge in [0.25, 0.3) is 11.5 Å². The monoisotopic (exact) mass is 364 g/mol. The van der Waals surface area contributed by atoms with Crippen molar-refractivity contribution in [1.82, 2.24) is 9.47 Å². The van der Waals surface area contributed by atoms with Crippen LogP contribution in [-0.4, -0.2) is 40.4 Å². The van der Waals surface area contributed by atoms with E-state index < -0.39 is 0 Å². The van der Waals surface area contributed by atoms with Crippen molar-refractivity contribution in [2.75, 3.05) is 18.0 Å². The number of benzene rings is 1. The Labute approximate surface area is 157 Å². The zero-order chi connectivity index (χ0) is 19.6. The molecule has 7 nitrogen and oxygen atoms in total. The smallest absolute Gasteiger partial charge is 0.254 e. The average Bonchev–Trinajstić information content (AvgIpc) is 2.68. The molecule has 1 fully saturated rings. The second-order valence-electron chi connectivity index (χ2n) is 6.46. The van der Waals surface area contributed by atoms with E-state index in [1.54, 1.807) is 41.4 Å². The van der Waals surface area contributed by atoms with Crippen molar-refractivity contribution >= 4 is 17.5 Å². The van der Waals surface area contributed by atoms with Gasteiger partial charge >= 0.3 is 0 Å². The molecule has 2 amide bonds. The molecule has 3 rings (SSSR count). The van der Waals surface area contributed by atoms with Gasteiger partial charge in [0.15, 0.2) is 0 Å². The summed E-state index contributed by atoms with van der Waals surface area (Å²) < 4.78 is 1.50.